The van der Waals surface area contributed by atoms with Gasteiger partial charge in [0, 0.05) is 5.56 Å². The molecule has 7 heteroatoms. The molecule has 0 radical (unpaired) electrons. The van der Waals surface area contributed by atoms with Crippen molar-refractivity contribution in [3.63, 3.8) is 0 Å². The second-order valence-electron chi connectivity index (χ2n) is 4.89. The highest BCUT2D eigenvalue weighted by Gasteiger charge is 2.18. The summed E-state index contributed by atoms with van der Waals surface area (Å²) in [6.45, 7) is -0.0527. The summed E-state index contributed by atoms with van der Waals surface area (Å²) in [4.78, 5) is 33.4. The third-order valence-electron chi connectivity index (χ3n) is 3.11. The smallest absolute Gasteiger partial charge is 0.372 e. The Morgan fingerprint density at radius 2 is 1.75 bits per heavy atom. The van der Waals surface area contributed by atoms with E-state index in [0.717, 1.165) is 12.1 Å². The number of Topliss-reactive ketones (excluding diaryl/α,β-unsaturated/α-hetero) is 2. The number of carbonyl (C=O) groups is 3. The first-order chi connectivity index (χ1) is 11.4. The zero-order valence-corrected chi connectivity index (χ0v) is 12.3. The van der Waals surface area contributed by atoms with Crippen molar-refractivity contribution >= 4 is 17.5 Å². The van der Waals surface area contributed by atoms with Crippen molar-refractivity contribution in [1.29, 1.82) is 0 Å². The topological polar surface area (TPSA) is 80.7 Å². The second-order valence-corrected chi connectivity index (χ2v) is 4.89. The number of carboxylic acid groups (broad SMARTS) is 1. The summed E-state index contributed by atoms with van der Waals surface area (Å²) in [5.41, 5.74) is 0.513. The number of ether oxygens (including phenoxy) is 1. The lowest BCUT2D eigenvalue weighted by Gasteiger charge is -2.08. The Bertz CT molecular complexity index is 801. The van der Waals surface area contributed by atoms with Crippen LogP contribution in [0.15, 0.2) is 42.5 Å². The van der Waals surface area contributed by atoms with E-state index in [1.165, 1.54) is 30.3 Å². The van der Waals surface area contributed by atoms with Crippen molar-refractivity contribution in [3.05, 3.63) is 65.2 Å². The Hall–Kier alpha value is -3.09. The van der Waals surface area contributed by atoms with E-state index in [9.17, 15) is 23.2 Å². The molecule has 0 spiro atoms. The molecule has 0 aliphatic rings. The number of rotatable bonds is 7. The molecule has 0 amide bonds. The molecule has 2 aromatic carbocycles. The van der Waals surface area contributed by atoms with Crippen LogP contribution in [-0.2, 0) is 16.2 Å². The van der Waals surface area contributed by atoms with Crippen LogP contribution < -0.4 is 4.74 Å². The summed E-state index contributed by atoms with van der Waals surface area (Å²) in [5, 5.41) is 8.50. The number of benzene rings is 2. The van der Waals surface area contributed by atoms with Gasteiger partial charge >= 0.3 is 5.97 Å². The maximum absolute atomic E-state index is 13.1. The zero-order valence-electron chi connectivity index (χ0n) is 12.3. The molecule has 0 unspecified atom stereocenters. The maximum Gasteiger partial charge on any atom is 0.372 e. The first kappa shape index (κ1) is 17.3. The molecule has 2 rings (SSSR count). The van der Waals surface area contributed by atoms with Gasteiger partial charge in [0.15, 0.2) is 17.4 Å². The second kappa shape index (κ2) is 7.45. The van der Waals surface area contributed by atoms with E-state index in [1.54, 1.807) is 0 Å². The number of carboxylic acids is 1. The van der Waals surface area contributed by atoms with Gasteiger partial charge in [0.05, 0.1) is 6.42 Å². The van der Waals surface area contributed by atoms with Crippen LogP contribution in [-0.4, -0.2) is 22.6 Å². The fourth-order valence-electron chi connectivity index (χ4n) is 1.88. The van der Waals surface area contributed by atoms with Crippen LogP contribution in [0.4, 0.5) is 8.78 Å². The summed E-state index contributed by atoms with van der Waals surface area (Å²) in [7, 11) is 0. The normalized spacial score (nSPS) is 10.2. The van der Waals surface area contributed by atoms with Gasteiger partial charge in [-0.3, -0.25) is 9.59 Å². The minimum atomic E-state index is -1.67. The number of carbonyl (C=O) groups excluding carboxylic acids is 2. The van der Waals surface area contributed by atoms with Gasteiger partial charge in [0.1, 0.15) is 12.4 Å². The van der Waals surface area contributed by atoms with Gasteiger partial charge in [0.25, 0.3) is 0 Å². The molecule has 0 fully saturated rings. The van der Waals surface area contributed by atoms with Crippen molar-refractivity contribution in [2.75, 3.05) is 0 Å². The van der Waals surface area contributed by atoms with E-state index in [1.807, 2.05) is 0 Å². The van der Waals surface area contributed by atoms with Gasteiger partial charge in [-0.1, -0.05) is 18.2 Å². The van der Waals surface area contributed by atoms with E-state index in [0.29, 0.717) is 5.56 Å². The monoisotopic (exact) mass is 334 g/mol. The molecule has 0 atom stereocenters. The van der Waals surface area contributed by atoms with Crippen LogP contribution in [0.1, 0.15) is 22.3 Å². The van der Waals surface area contributed by atoms with E-state index in [-0.39, 0.29) is 17.9 Å². The molecule has 0 aliphatic carbocycles. The van der Waals surface area contributed by atoms with Crippen LogP contribution >= 0.6 is 0 Å². The fraction of sp³-hybridized carbons (Fsp3) is 0.118. The molecule has 0 saturated heterocycles. The first-order valence-electron chi connectivity index (χ1n) is 6.83. The number of hydrogen-bond donors (Lipinski definition) is 1. The van der Waals surface area contributed by atoms with Crippen molar-refractivity contribution in [2.45, 2.75) is 13.0 Å². The van der Waals surface area contributed by atoms with Crippen LogP contribution in [0.3, 0.4) is 0 Å². The Morgan fingerprint density at radius 1 is 1.00 bits per heavy atom. The standard InChI is InChI=1S/C17H12F2O5/c18-13-5-4-10(6-14(13)19)9-24-12-3-1-2-11(7-12)15(20)8-16(21)17(22)23/h1-7H,8-9H2,(H,22,23). The molecule has 0 aromatic heterocycles. The third-order valence-corrected chi connectivity index (χ3v) is 3.11. The molecule has 0 heterocycles. The van der Waals surface area contributed by atoms with E-state index < -0.39 is 35.6 Å². The van der Waals surface area contributed by atoms with Crippen LogP contribution in [0.5, 0.6) is 5.75 Å². The highest BCUT2D eigenvalue weighted by atomic mass is 19.2. The molecule has 1 N–H and O–H groups in total. The molecular formula is C17H12F2O5. The van der Waals surface area contributed by atoms with Gasteiger partial charge in [0.2, 0.25) is 5.78 Å². The van der Waals surface area contributed by atoms with Crippen LogP contribution in [0.2, 0.25) is 0 Å². The molecule has 124 valence electrons. The van der Waals surface area contributed by atoms with Crippen molar-refractivity contribution < 1.29 is 33.0 Å². The highest BCUT2D eigenvalue weighted by Crippen LogP contribution is 2.17. The van der Waals surface area contributed by atoms with Gasteiger partial charge < -0.3 is 9.84 Å². The number of ketones is 2. The molecule has 0 bridgehead atoms. The van der Waals surface area contributed by atoms with Crippen molar-refractivity contribution in [3.8, 4) is 5.75 Å². The molecule has 0 saturated carbocycles. The lowest BCUT2D eigenvalue weighted by atomic mass is 10.1. The summed E-state index contributed by atoms with van der Waals surface area (Å²) >= 11 is 0. The Labute approximate surface area is 135 Å². The predicted molar refractivity (Wildman–Crippen MR) is 78.7 cm³/mol. The quantitative estimate of drug-likeness (QED) is 0.478. The SMILES string of the molecule is O=C(O)C(=O)CC(=O)c1cccc(OCc2ccc(F)c(F)c2)c1. The summed E-state index contributed by atoms with van der Waals surface area (Å²) in [6, 6.07) is 9.13. The minimum Gasteiger partial charge on any atom is -0.489 e. The average molecular weight is 334 g/mol. The fourth-order valence-corrected chi connectivity index (χ4v) is 1.88. The summed E-state index contributed by atoms with van der Waals surface area (Å²) in [6.07, 6.45) is -0.748. The largest absolute Gasteiger partial charge is 0.489 e. The van der Waals surface area contributed by atoms with Gasteiger partial charge in [-0.05, 0) is 29.8 Å². The average Bonchev–Trinajstić information content (AvgIpc) is 2.56. The predicted octanol–water partition coefficient (Wildman–Crippen LogP) is 2.77. The molecule has 2 aromatic rings. The van der Waals surface area contributed by atoms with Gasteiger partial charge in [-0.2, -0.15) is 0 Å². The lowest BCUT2D eigenvalue weighted by molar-refractivity contribution is -0.148. The third kappa shape index (κ3) is 4.45. The summed E-state index contributed by atoms with van der Waals surface area (Å²) in [5.74, 6) is -5.21. The highest BCUT2D eigenvalue weighted by molar-refractivity contribution is 6.37. The Kier molecular flexibility index (Phi) is 5.36. The van der Waals surface area contributed by atoms with E-state index in [4.69, 9.17) is 9.84 Å². The minimum absolute atomic E-state index is 0.0527. The van der Waals surface area contributed by atoms with Crippen molar-refractivity contribution in [2.24, 2.45) is 0 Å². The van der Waals surface area contributed by atoms with E-state index in [2.05, 4.69) is 0 Å². The molecule has 24 heavy (non-hydrogen) atoms. The maximum atomic E-state index is 13.1. The molecular weight excluding hydrogens is 322 g/mol. The summed E-state index contributed by atoms with van der Waals surface area (Å²) < 4.78 is 31.3. The van der Waals surface area contributed by atoms with Crippen molar-refractivity contribution in [1.82, 2.24) is 0 Å². The Balaban J connectivity index is 2.04. The number of aliphatic carboxylic acids is 1. The first-order valence-corrected chi connectivity index (χ1v) is 6.83. The van der Waals surface area contributed by atoms with Crippen LogP contribution in [0.25, 0.3) is 0 Å². The van der Waals surface area contributed by atoms with Gasteiger partial charge in [-0.25, -0.2) is 13.6 Å². The van der Waals surface area contributed by atoms with E-state index >= 15 is 0 Å². The van der Waals surface area contributed by atoms with Gasteiger partial charge in [-0.15, -0.1) is 0 Å². The lowest BCUT2D eigenvalue weighted by Crippen LogP contribution is -2.17. The number of halogens is 2. The van der Waals surface area contributed by atoms with Crippen LogP contribution in [0, 0.1) is 11.6 Å². The molecule has 0 aliphatic heterocycles. The zero-order chi connectivity index (χ0) is 17.7. The number of hydrogen-bond acceptors (Lipinski definition) is 4. The Morgan fingerprint density at radius 3 is 2.42 bits per heavy atom. The molecule has 5 nitrogen and oxygen atoms in total.